The van der Waals surface area contributed by atoms with Crippen molar-refractivity contribution in [2.24, 2.45) is 0 Å². The van der Waals surface area contributed by atoms with Gasteiger partial charge in [0.15, 0.2) is 0 Å². The molecule has 1 heterocycles. The molecule has 0 amide bonds. The van der Waals surface area contributed by atoms with E-state index in [1.165, 1.54) is 31.2 Å². The summed E-state index contributed by atoms with van der Waals surface area (Å²) in [7, 11) is 0. The van der Waals surface area contributed by atoms with Crippen molar-refractivity contribution in [1.29, 1.82) is 0 Å². The molecule has 1 aromatic rings. The van der Waals surface area contributed by atoms with Gasteiger partial charge in [-0.15, -0.1) is 0 Å². The molecule has 0 radical (unpaired) electrons. The second kappa shape index (κ2) is 8.38. The van der Waals surface area contributed by atoms with Gasteiger partial charge in [0, 0.05) is 22.1 Å². The highest BCUT2D eigenvalue weighted by atomic mass is 79.9. The van der Waals surface area contributed by atoms with Crippen LogP contribution >= 0.6 is 27.5 Å². The maximum atomic E-state index is 6.13. The molecule has 20 heavy (non-hydrogen) atoms. The van der Waals surface area contributed by atoms with Crippen LogP contribution in [0.4, 0.5) is 0 Å². The summed E-state index contributed by atoms with van der Waals surface area (Å²) >= 11 is 9.77. The molecular formula is C16H23BrClNO. The fourth-order valence-corrected chi connectivity index (χ4v) is 3.52. The van der Waals surface area contributed by atoms with Crippen molar-refractivity contribution in [1.82, 2.24) is 5.32 Å². The standard InChI is InChI=1S/C16H23BrClNO/c1-2-19-16(7-3-5-13-6-4-10-20-13)14-11-12(18)8-9-15(14)17/h8-9,11,13,16,19H,2-7,10H2,1H3. The summed E-state index contributed by atoms with van der Waals surface area (Å²) in [5.74, 6) is 0. The molecule has 0 bridgehead atoms. The van der Waals surface area contributed by atoms with Gasteiger partial charge >= 0.3 is 0 Å². The Bertz CT molecular complexity index is 421. The van der Waals surface area contributed by atoms with Gasteiger partial charge in [-0.3, -0.25) is 0 Å². The van der Waals surface area contributed by atoms with Crippen molar-refractivity contribution in [3.05, 3.63) is 33.3 Å². The van der Waals surface area contributed by atoms with E-state index in [-0.39, 0.29) is 0 Å². The number of hydrogen-bond acceptors (Lipinski definition) is 2. The summed E-state index contributed by atoms with van der Waals surface area (Å²) in [6.45, 7) is 4.05. The summed E-state index contributed by atoms with van der Waals surface area (Å²) in [6.07, 6.45) is 6.40. The molecule has 1 N–H and O–H groups in total. The SMILES string of the molecule is CCNC(CCCC1CCCO1)c1cc(Cl)ccc1Br. The Morgan fingerprint density at radius 2 is 2.35 bits per heavy atom. The smallest absolute Gasteiger partial charge is 0.0576 e. The van der Waals surface area contributed by atoms with Crippen LogP contribution in [-0.4, -0.2) is 19.3 Å². The number of halogens is 2. The van der Waals surface area contributed by atoms with Crippen molar-refractivity contribution in [3.8, 4) is 0 Å². The van der Waals surface area contributed by atoms with Gasteiger partial charge in [-0.05, 0) is 62.4 Å². The first-order chi connectivity index (χ1) is 9.70. The fraction of sp³-hybridized carbons (Fsp3) is 0.625. The van der Waals surface area contributed by atoms with Crippen LogP contribution in [0.3, 0.4) is 0 Å². The molecule has 1 aliphatic rings. The highest BCUT2D eigenvalue weighted by Gasteiger charge is 2.18. The zero-order chi connectivity index (χ0) is 14.4. The van der Waals surface area contributed by atoms with E-state index in [4.69, 9.17) is 16.3 Å². The lowest BCUT2D eigenvalue weighted by Crippen LogP contribution is -2.21. The summed E-state index contributed by atoms with van der Waals surface area (Å²) in [5, 5.41) is 4.36. The lowest BCUT2D eigenvalue weighted by molar-refractivity contribution is 0.101. The minimum Gasteiger partial charge on any atom is -0.378 e. The van der Waals surface area contributed by atoms with E-state index in [0.29, 0.717) is 12.1 Å². The van der Waals surface area contributed by atoms with Crippen LogP contribution in [0.25, 0.3) is 0 Å². The highest BCUT2D eigenvalue weighted by Crippen LogP contribution is 2.30. The molecule has 2 rings (SSSR count). The van der Waals surface area contributed by atoms with Gasteiger partial charge in [0.1, 0.15) is 0 Å². The molecule has 1 aliphatic heterocycles. The van der Waals surface area contributed by atoms with Crippen LogP contribution in [-0.2, 0) is 4.74 Å². The normalized spacial score (nSPS) is 20.2. The fourth-order valence-electron chi connectivity index (χ4n) is 2.82. The number of ether oxygens (including phenoxy) is 1. The molecule has 0 aliphatic carbocycles. The van der Waals surface area contributed by atoms with Crippen LogP contribution in [0.2, 0.25) is 5.02 Å². The van der Waals surface area contributed by atoms with Crippen LogP contribution in [0, 0.1) is 0 Å². The van der Waals surface area contributed by atoms with Crippen LogP contribution in [0.15, 0.2) is 22.7 Å². The third-order valence-corrected chi connectivity index (χ3v) is 4.78. The Hall–Kier alpha value is -0.0900. The quantitative estimate of drug-likeness (QED) is 0.730. The Labute approximate surface area is 135 Å². The maximum absolute atomic E-state index is 6.13. The van der Waals surface area contributed by atoms with E-state index in [1.54, 1.807) is 0 Å². The topological polar surface area (TPSA) is 21.3 Å². The zero-order valence-electron chi connectivity index (χ0n) is 12.0. The minimum absolute atomic E-state index is 0.356. The van der Waals surface area contributed by atoms with E-state index in [0.717, 1.165) is 29.1 Å². The molecule has 4 heteroatoms. The summed E-state index contributed by atoms with van der Waals surface area (Å²) in [5.41, 5.74) is 1.26. The second-order valence-corrected chi connectivity index (χ2v) is 6.63. The molecular weight excluding hydrogens is 338 g/mol. The minimum atomic E-state index is 0.356. The predicted octanol–water partition coefficient (Wildman–Crippen LogP) is 5.10. The molecule has 2 unspecified atom stereocenters. The maximum Gasteiger partial charge on any atom is 0.0576 e. The predicted molar refractivity (Wildman–Crippen MR) is 88.4 cm³/mol. The van der Waals surface area contributed by atoms with Gasteiger partial charge in [0.05, 0.1) is 6.10 Å². The first kappa shape index (κ1) is 16.3. The van der Waals surface area contributed by atoms with E-state index in [1.807, 2.05) is 12.1 Å². The molecule has 112 valence electrons. The van der Waals surface area contributed by atoms with Gasteiger partial charge in [0.2, 0.25) is 0 Å². The van der Waals surface area contributed by atoms with E-state index in [2.05, 4.69) is 34.2 Å². The Kier molecular flexibility index (Phi) is 6.82. The number of hydrogen-bond donors (Lipinski definition) is 1. The van der Waals surface area contributed by atoms with Crippen molar-refractivity contribution >= 4 is 27.5 Å². The monoisotopic (exact) mass is 359 g/mol. The summed E-state index contributed by atoms with van der Waals surface area (Å²) < 4.78 is 6.82. The number of rotatable bonds is 7. The zero-order valence-corrected chi connectivity index (χ0v) is 14.3. The first-order valence-corrected chi connectivity index (χ1v) is 8.67. The van der Waals surface area contributed by atoms with Crippen LogP contribution in [0.1, 0.15) is 50.6 Å². The van der Waals surface area contributed by atoms with Crippen LogP contribution < -0.4 is 5.32 Å². The first-order valence-electron chi connectivity index (χ1n) is 7.50. The van der Waals surface area contributed by atoms with Crippen molar-refractivity contribution in [2.75, 3.05) is 13.2 Å². The molecule has 1 fully saturated rings. The average Bonchev–Trinajstić information content (AvgIpc) is 2.94. The van der Waals surface area contributed by atoms with Crippen molar-refractivity contribution < 1.29 is 4.74 Å². The molecule has 2 atom stereocenters. The second-order valence-electron chi connectivity index (χ2n) is 5.34. The lowest BCUT2D eigenvalue weighted by atomic mass is 9.99. The van der Waals surface area contributed by atoms with Gasteiger partial charge in [-0.2, -0.15) is 0 Å². The largest absolute Gasteiger partial charge is 0.378 e. The lowest BCUT2D eigenvalue weighted by Gasteiger charge is -2.21. The van der Waals surface area contributed by atoms with Gasteiger partial charge < -0.3 is 10.1 Å². The van der Waals surface area contributed by atoms with E-state index in [9.17, 15) is 0 Å². The summed E-state index contributed by atoms with van der Waals surface area (Å²) in [6, 6.07) is 6.37. The molecule has 1 saturated heterocycles. The van der Waals surface area contributed by atoms with Gasteiger partial charge in [-0.25, -0.2) is 0 Å². The summed E-state index contributed by atoms with van der Waals surface area (Å²) in [4.78, 5) is 0. The Morgan fingerprint density at radius 3 is 3.05 bits per heavy atom. The molecule has 0 aromatic heterocycles. The number of nitrogens with one attached hydrogen (secondary N) is 1. The third kappa shape index (κ3) is 4.73. The third-order valence-electron chi connectivity index (χ3n) is 3.83. The van der Waals surface area contributed by atoms with Gasteiger partial charge in [0.25, 0.3) is 0 Å². The van der Waals surface area contributed by atoms with Crippen LogP contribution in [0.5, 0.6) is 0 Å². The van der Waals surface area contributed by atoms with E-state index < -0.39 is 0 Å². The highest BCUT2D eigenvalue weighted by molar-refractivity contribution is 9.10. The molecule has 0 spiro atoms. The Morgan fingerprint density at radius 1 is 1.50 bits per heavy atom. The average molecular weight is 361 g/mol. The van der Waals surface area contributed by atoms with Gasteiger partial charge in [-0.1, -0.05) is 34.5 Å². The Balaban J connectivity index is 1.93. The van der Waals surface area contributed by atoms with E-state index >= 15 is 0 Å². The molecule has 2 nitrogen and oxygen atoms in total. The molecule has 0 saturated carbocycles. The van der Waals surface area contributed by atoms with Crippen molar-refractivity contribution in [3.63, 3.8) is 0 Å². The number of benzene rings is 1. The molecule has 1 aromatic carbocycles. The van der Waals surface area contributed by atoms with Crippen molar-refractivity contribution in [2.45, 2.75) is 51.2 Å².